The molecule has 6 nitrogen and oxygen atoms in total. The van der Waals surface area contributed by atoms with Gasteiger partial charge < -0.3 is 4.74 Å². The predicted octanol–water partition coefficient (Wildman–Crippen LogP) is 2.57. The Morgan fingerprint density at radius 2 is 1.95 bits per heavy atom. The average molecular weight is 303 g/mol. The van der Waals surface area contributed by atoms with Gasteiger partial charge in [0.15, 0.2) is 0 Å². The molecule has 0 radical (unpaired) electrons. The molecule has 0 saturated heterocycles. The van der Waals surface area contributed by atoms with E-state index in [0.29, 0.717) is 11.4 Å². The molecule has 0 bridgehead atoms. The van der Waals surface area contributed by atoms with Crippen LogP contribution in [0.2, 0.25) is 0 Å². The maximum atomic E-state index is 12.7. The number of hydrogen-bond acceptors (Lipinski definition) is 5. The number of alkyl halides is 2. The van der Waals surface area contributed by atoms with Gasteiger partial charge in [-0.15, -0.1) is 5.10 Å². The van der Waals surface area contributed by atoms with Crippen molar-refractivity contribution in [3.05, 3.63) is 60.2 Å². The van der Waals surface area contributed by atoms with Crippen molar-refractivity contribution in [3.63, 3.8) is 0 Å². The van der Waals surface area contributed by atoms with Gasteiger partial charge in [-0.1, -0.05) is 17.3 Å². The summed E-state index contributed by atoms with van der Waals surface area (Å²) >= 11 is 0. The van der Waals surface area contributed by atoms with Crippen molar-refractivity contribution >= 4 is 0 Å². The van der Waals surface area contributed by atoms with Crippen molar-refractivity contribution in [2.75, 3.05) is 0 Å². The molecule has 0 aliphatic carbocycles. The summed E-state index contributed by atoms with van der Waals surface area (Å²) in [5.74, 6) is 0. The first-order valence-corrected chi connectivity index (χ1v) is 6.42. The van der Waals surface area contributed by atoms with Gasteiger partial charge in [0.05, 0.1) is 11.9 Å². The molecule has 3 aromatic rings. The summed E-state index contributed by atoms with van der Waals surface area (Å²) in [7, 11) is 0. The predicted molar refractivity (Wildman–Crippen MR) is 72.7 cm³/mol. The molecule has 112 valence electrons. The minimum atomic E-state index is -2.53. The number of benzene rings is 1. The fourth-order valence-corrected chi connectivity index (χ4v) is 1.79. The highest BCUT2D eigenvalue weighted by atomic mass is 19.3. The minimum Gasteiger partial charge on any atom is -0.457 e. The second kappa shape index (κ2) is 6.25. The molecule has 0 aliphatic rings. The molecule has 3 rings (SSSR count). The number of nitrogens with zero attached hydrogens (tertiary/aromatic N) is 5. The molecule has 0 spiro atoms. The SMILES string of the molecule is FC(F)c1cccc(-n2cc(COc3ncccn3)nn2)c1. The molecule has 0 fully saturated rings. The minimum absolute atomic E-state index is 0.0662. The topological polar surface area (TPSA) is 65.7 Å². The lowest BCUT2D eigenvalue weighted by Gasteiger charge is -2.03. The quantitative estimate of drug-likeness (QED) is 0.725. The van der Waals surface area contributed by atoms with Gasteiger partial charge in [-0.25, -0.2) is 23.4 Å². The maximum Gasteiger partial charge on any atom is 0.316 e. The Morgan fingerprint density at radius 1 is 1.14 bits per heavy atom. The number of aromatic nitrogens is 5. The third kappa shape index (κ3) is 3.22. The van der Waals surface area contributed by atoms with Crippen molar-refractivity contribution in [1.82, 2.24) is 25.0 Å². The molecule has 2 heterocycles. The second-order valence-corrected chi connectivity index (χ2v) is 4.37. The van der Waals surface area contributed by atoms with Crippen LogP contribution in [0.15, 0.2) is 48.9 Å². The zero-order valence-corrected chi connectivity index (χ0v) is 11.3. The highest BCUT2D eigenvalue weighted by Gasteiger charge is 2.09. The summed E-state index contributed by atoms with van der Waals surface area (Å²) < 4.78 is 32.2. The van der Waals surface area contributed by atoms with Crippen LogP contribution in [0.25, 0.3) is 5.69 Å². The van der Waals surface area contributed by atoms with E-state index in [-0.39, 0.29) is 18.2 Å². The summed E-state index contributed by atoms with van der Waals surface area (Å²) in [5.41, 5.74) is 0.978. The summed E-state index contributed by atoms with van der Waals surface area (Å²) in [6.07, 6.45) is 2.21. The molecular formula is C14H11F2N5O. The third-order valence-corrected chi connectivity index (χ3v) is 2.82. The monoisotopic (exact) mass is 303 g/mol. The fourth-order valence-electron chi connectivity index (χ4n) is 1.79. The van der Waals surface area contributed by atoms with Crippen molar-refractivity contribution in [1.29, 1.82) is 0 Å². The van der Waals surface area contributed by atoms with E-state index in [0.717, 1.165) is 0 Å². The molecule has 0 amide bonds. The standard InChI is InChI=1S/C14H11F2N5O/c15-13(16)10-3-1-4-12(7-10)21-8-11(19-20-21)9-22-14-17-5-2-6-18-14/h1-8,13H,9H2. The van der Waals surface area contributed by atoms with Crippen molar-refractivity contribution < 1.29 is 13.5 Å². The number of halogens is 2. The van der Waals surface area contributed by atoms with Gasteiger partial charge in [0.1, 0.15) is 12.3 Å². The van der Waals surface area contributed by atoms with Crippen molar-refractivity contribution in [2.45, 2.75) is 13.0 Å². The fraction of sp³-hybridized carbons (Fsp3) is 0.143. The molecule has 8 heteroatoms. The first-order chi connectivity index (χ1) is 10.7. The molecule has 22 heavy (non-hydrogen) atoms. The molecule has 0 unspecified atom stereocenters. The van der Waals surface area contributed by atoms with Crippen LogP contribution in [0.1, 0.15) is 17.7 Å². The smallest absolute Gasteiger partial charge is 0.316 e. The van der Waals surface area contributed by atoms with E-state index in [1.807, 2.05) is 0 Å². The second-order valence-electron chi connectivity index (χ2n) is 4.37. The zero-order valence-electron chi connectivity index (χ0n) is 11.3. The van der Waals surface area contributed by atoms with Crippen LogP contribution in [-0.2, 0) is 6.61 Å². The number of rotatable bonds is 5. The first kappa shape index (κ1) is 14.1. The largest absolute Gasteiger partial charge is 0.457 e. The zero-order chi connectivity index (χ0) is 15.4. The van der Waals surface area contributed by atoms with Gasteiger partial charge in [0.2, 0.25) is 0 Å². The van der Waals surface area contributed by atoms with Gasteiger partial charge >= 0.3 is 6.01 Å². The van der Waals surface area contributed by atoms with Crippen LogP contribution in [0.5, 0.6) is 6.01 Å². The van der Waals surface area contributed by atoms with E-state index in [9.17, 15) is 8.78 Å². The van der Waals surface area contributed by atoms with Crippen LogP contribution in [0, 0.1) is 0 Å². The third-order valence-electron chi connectivity index (χ3n) is 2.82. The van der Waals surface area contributed by atoms with E-state index in [1.165, 1.54) is 16.8 Å². The van der Waals surface area contributed by atoms with Crippen LogP contribution in [-0.4, -0.2) is 25.0 Å². The van der Waals surface area contributed by atoms with Gasteiger partial charge in [-0.3, -0.25) is 0 Å². The highest BCUT2D eigenvalue weighted by Crippen LogP contribution is 2.20. The Balaban J connectivity index is 1.72. The Labute approximate surface area is 124 Å². The number of hydrogen-bond donors (Lipinski definition) is 0. The average Bonchev–Trinajstić information content (AvgIpc) is 3.03. The molecule has 0 aliphatic heterocycles. The summed E-state index contributed by atoms with van der Waals surface area (Å²) in [6.45, 7) is 0.137. The number of ether oxygens (including phenoxy) is 1. The van der Waals surface area contributed by atoms with Gasteiger partial charge in [-0.2, -0.15) is 0 Å². The highest BCUT2D eigenvalue weighted by molar-refractivity contribution is 5.35. The van der Waals surface area contributed by atoms with Gasteiger partial charge in [0, 0.05) is 18.0 Å². The molecule has 2 aromatic heterocycles. The van der Waals surface area contributed by atoms with Crippen molar-refractivity contribution in [3.8, 4) is 11.7 Å². The van der Waals surface area contributed by atoms with E-state index >= 15 is 0 Å². The first-order valence-electron chi connectivity index (χ1n) is 6.42. The molecule has 1 aromatic carbocycles. The van der Waals surface area contributed by atoms with E-state index in [2.05, 4.69) is 20.3 Å². The Bertz CT molecular complexity index is 748. The van der Waals surface area contributed by atoms with E-state index in [4.69, 9.17) is 4.74 Å². The van der Waals surface area contributed by atoms with Crippen LogP contribution >= 0.6 is 0 Å². The van der Waals surface area contributed by atoms with Crippen LogP contribution in [0.3, 0.4) is 0 Å². The van der Waals surface area contributed by atoms with Crippen LogP contribution < -0.4 is 4.74 Å². The van der Waals surface area contributed by atoms with Gasteiger partial charge in [0.25, 0.3) is 6.43 Å². The lowest BCUT2D eigenvalue weighted by molar-refractivity contribution is 0.151. The van der Waals surface area contributed by atoms with Crippen molar-refractivity contribution in [2.24, 2.45) is 0 Å². The lowest BCUT2D eigenvalue weighted by Crippen LogP contribution is -1.99. The molecule has 0 atom stereocenters. The summed E-state index contributed by atoms with van der Waals surface area (Å²) in [6, 6.07) is 7.86. The Morgan fingerprint density at radius 3 is 2.73 bits per heavy atom. The summed E-state index contributed by atoms with van der Waals surface area (Å²) in [5, 5.41) is 7.83. The van der Waals surface area contributed by atoms with E-state index in [1.54, 1.807) is 36.8 Å². The Hall–Kier alpha value is -2.90. The molecular weight excluding hydrogens is 292 g/mol. The summed E-state index contributed by atoms with van der Waals surface area (Å²) in [4.78, 5) is 7.84. The normalized spacial score (nSPS) is 10.9. The molecule has 0 saturated carbocycles. The van der Waals surface area contributed by atoms with Gasteiger partial charge in [-0.05, 0) is 18.2 Å². The molecule has 0 N–H and O–H groups in total. The Kier molecular flexibility index (Phi) is 3.99. The maximum absolute atomic E-state index is 12.7. The van der Waals surface area contributed by atoms with E-state index < -0.39 is 6.43 Å². The lowest BCUT2D eigenvalue weighted by atomic mass is 10.2. The van der Waals surface area contributed by atoms with Crippen LogP contribution in [0.4, 0.5) is 8.78 Å².